The van der Waals surface area contributed by atoms with Gasteiger partial charge in [0.25, 0.3) is 0 Å². The first-order valence-electron chi connectivity index (χ1n) is 4.03. The number of hydrogen-bond acceptors (Lipinski definition) is 4. The zero-order valence-electron chi connectivity index (χ0n) is 7.41. The Morgan fingerprint density at radius 1 is 1.53 bits per heavy atom. The number of aliphatic hydroxyl groups excluding tert-OH is 1. The molecule has 2 heterocycles. The quantitative estimate of drug-likeness (QED) is 0.650. The highest BCUT2D eigenvalue weighted by atomic mass is 16.4. The summed E-state index contributed by atoms with van der Waals surface area (Å²) in [6.45, 7) is 0. The number of aromatic carboxylic acids is 1. The summed E-state index contributed by atoms with van der Waals surface area (Å²) in [5.41, 5.74) is -0.474. The third-order valence-corrected chi connectivity index (χ3v) is 2.04. The lowest BCUT2D eigenvalue weighted by molar-refractivity contribution is 0.0699. The van der Waals surface area contributed by atoms with E-state index in [2.05, 4.69) is 5.10 Å². The van der Waals surface area contributed by atoms with Crippen molar-refractivity contribution in [1.82, 2.24) is 9.61 Å². The Bertz CT molecular complexity index is 644. The molecule has 76 valence electrons. The summed E-state index contributed by atoms with van der Waals surface area (Å²) in [7, 11) is 0. The second kappa shape index (κ2) is 3.09. The molecule has 0 radical (unpaired) electrons. The van der Waals surface area contributed by atoms with Crippen molar-refractivity contribution in [3.05, 3.63) is 39.5 Å². The smallest absolute Gasteiger partial charge is 0.339 e. The van der Waals surface area contributed by atoms with Gasteiger partial charge in [-0.3, -0.25) is 4.79 Å². The summed E-state index contributed by atoms with van der Waals surface area (Å²) in [5.74, 6) is -1.20. The molecule has 0 aliphatic rings. The molecular formula is C9H6N2O4. The van der Waals surface area contributed by atoms with Crippen LogP contribution in [-0.4, -0.2) is 25.8 Å². The fourth-order valence-corrected chi connectivity index (χ4v) is 1.37. The van der Waals surface area contributed by atoms with Crippen molar-refractivity contribution in [2.45, 2.75) is 0 Å². The number of carboxylic acids is 1. The van der Waals surface area contributed by atoms with Crippen LogP contribution in [0.25, 0.3) is 11.8 Å². The van der Waals surface area contributed by atoms with Crippen molar-refractivity contribution < 1.29 is 15.0 Å². The highest BCUT2D eigenvalue weighted by molar-refractivity contribution is 5.95. The molecule has 0 unspecified atom stereocenters. The van der Waals surface area contributed by atoms with E-state index in [-0.39, 0.29) is 16.3 Å². The molecule has 2 aromatic rings. The molecule has 0 saturated heterocycles. The predicted octanol–water partition coefficient (Wildman–Crippen LogP) is -0.592. The summed E-state index contributed by atoms with van der Waals surface area (Å²) < 4.78 is 1.23. The average molecular weight is 206 g/mol. The van der Waals surface area contributed by atoms with E-state index in [1.807, 2.05) is 0 Å². The lowest BCUT2D eigenvalue weighted by Crippen LogP contribution is -2.26. The minimum Gasteiger partial charge on any atom is -0.515 e. The Hall–Kier alpha value is -2.37. The zero-order chi connectivity index (χ0) is 11.0. The van der Waals surface area contributed by atoms with Crippen molar-refractivity contribution in [2.75, 3.05) is 0 Å². The predicted molar refractivity (Wildman–Crippen MR) is 50.7 cm³/mol. The zero-order valence-corrected chi connectivity index (χ0v) is 7.41. The Kier molecular flexibility index (Phi) is 1.89. The molecule has 6 nitrogen and oxygen atoms in total. The molecule has 2 N–H and O–H groups in total. The van der Waals surface area contributed by atoms with Gasteiger partial charge in [-0.1, -0.05) is 0 Å². The van der Waals surface area contributed by atoms with E-state index < -0.39 is 11.4 Å². The van der Waals surface area contributed by atoms with E-state index >= 15 is 0 Å². The maximum atomic E-state index is 11.3. The third kappa shape index (κ3) is 1.23. The van der Waals surface area contributed by atoms with Crippen molar-refractivity contribution in [2.24, 2.45) is 0 Å². The van der Waals surface area contributed by atoms with Crippen LogP contribution in [0.3, 0.4) is 0 Å². The number of aliphatic hydroxyl groups is 1. The first-order chi connectivity index (χ1) is 7.15. The fourth-order valence-electron chi connectivity index (χ4n) is 1.37. The summed E-state index contributed by atoms with van der Waals surface area (Å²) in [4.78, 5) is 22.1. The van der Waals surface area contributed by atoms with E-state index in [9.17, 15) is 9.59 Å². The lowest BCUT2D eigenvalue weighted by atomic mass is 10.2. The molecular weight excluding hydrogens is 200 g/mol. The van der Waals surface area contributed by atoms with Gasteiger partial charge in [-0.2, -0.15) is 5.10 Å². The number of carbonyl (C=O) groups is 1. The largest absolute Gasteiger partial charge is 0.515 e. The van der Waals surface area contributed by atoms with Crippen molar-refractivity contribution in [3.8, 4) is 0 Å². The standard InChI is InChI=1S/C9H6N2O4/c12-4-6-7(13)1-2-11-8(6)5(3-10-11)9(14)15/h1-4,12H,(H,14,15)/b6-4+. The maximum absolute atomic E-state index is 11.3. The van der Waals surface area contributed by atoms with Crippen molar-refractivity contribution in [3.63, 3.8) is 0 Å². The molecule has 0 spiro atoms. The topological polar surface area (TPSA) is 91.9 Å². The van der Waals surface area contributed by atoms with Gasteiger partial charge in [0.2, 0.25) is 0 Å². The van der Waals surface area contributed by atoms with Crippen molar-refractivity contribution in [1.29, 1.82) is 0 Å². The highest BCUT2D eigenvalue weighted by Gasteiger charge is 2.13. The fraction of sp³-hybridized carbons (Fsp3) is 0. The molecule has 0 aromatic carbocycles. The van der Waals surface area contributed by atoms with Crippen LogP contribution < -0.4 is 10.6 Å². The molecule has 0 aliphatic carbocycles. The van der Waals surface area contributed by atoms with Crippen LogP contribution in [0.5, 0.6) is 0 Å². The molecule has 6 heteroatoms. The number of fused-ring (bicyclic) bond motifs is 1. The van der Waals surface area contributed by atoms with E-state index in [0.29, 0.717) is 6.26 Å². The normalized spacial score (nSPS) is 12.1. The van der Waals surface area contributed by atoms with Crippen molar-refractivity contribution >= 4 is 17.7 Å². The number of rotatable bonds is 1. The first-order valence-corrected chi connectivity index (χ1v) is 4.03. The van der Waals surface area contributed by atoms with Gasteiger partial charge in [0.15, 0.2) is 5.43 Å². The molecule has 0 bridgehead atoms. The summed E-state index contributed by atoms with van der Waals surface area (Å²) in [6, 6.07) is 1.20. The Morgan fingerprint density at radius 3 is 2.87 bits per heavy atom. The first kappa shape index (κ1) is 9.20. The summed E-state index contributed by atoms with van der Waals surface area (Å²) >= 11 is 0. The summed E-state index contributed by atoms with van der Waals surface area (Å²) in [5, 5.41) is 21.4. The van der Waals surface area contributed by atoms with Crippen LogP contribution in [0.15, 0.2) is 23.3 Å². The molecule has 2 rings (SSSR count). The van der Waals surface area contributed by atoms with Crippen LogP contribution in [-0.2, 0) is 0 Å². The van der Waals surface area contributed by atoms with Gasteiger partial charge in [-0.05, 0) is 0 Å². The van der Waals surface area contributed by atoms with Gasteiger partial charge in [0.05, 0.1) is 23.2 Å². The van der Waals surface area contributed by atoms with Crippen LogP contribution in [0.1, 0.15) is 10.4 Å². The SMILES string of the molecule is O=C(O)c1cnn2ccc(=O)/c(=C\O)c12. The Balaban J connectivity index is 3.07. The van der Waals surface area contributed by atoms with E-state index in [0.717, 1.165) is 6.20 Å². The van der Waals surface area contributed by atoms with Crippen LogP contribution in [0, 0.1) is 0 Å². The number of carboxylic acid groups (broad SMARTS) is 1. The van der Waals surface area contributed by atoms with Crippen LogP contribution in [0.2, 0.25) is 0 Å². The van der Waals surface area contributed by atoms with Gasteiger partial charge in [-0.25, -0.2) is 9.31 Å². The van der Waals surface area contributed by atoms with Crippen LogP contribution >= 0.6 is 0 Å². The average Bonchev–Trinajstić information content (AvgIpc) is 2.61. The van der Waals surface area contributed by atoms with Crippen LogP contribution in [0.4, 0.5) is 0 Å². The number of hydrogen-bond donors (Lipinski definition) is 2. The second-order valence-electron chi connectivity index (χ2n) is 2.88. The molecule has 0 fully saturated rings. The van der Waals surface area contributed by atoms with E-state index in [4.69, 9.17) is 10.2 Å². The van der Waals surface area contributed by atoms with Gasteiger partial charge >= 0.3 is 5.97 Å². The van der Waals surface area contributed by atoms with E-state index in [1.165, 1.54) is 16.8 Å². The highest BCUT2D eigenvalue weighted by Crippen LogP contribution is 2.03. The number of nitrogens with zero attached hydrogens (tertiary/aromatic N) is 2. The summed E-state index contributed by atoms with van der Waals surface area (Å²) in [6.07, 6.45) is 3.06. The Labute approximate surface area is 82.7 Å². The monoisotopic (exact) mass is 206 g/mol. The minimum absolute atomic E-state index is 0.0765. The van der Waals surface area contributed by atoms with Gasteiger partial charge in [-0.15, -0.1) is 0 Å². The van der Waals surface area contributed by atoms with Gasteiger partial charge < -0.3 is 10.2 Å². The third-order valence-electron chi connectivity index (χ3n) is 2.04. The lowest BCUT2D eigenvalue weighted by Gasteiger charge is -1.93. The molecule has 0 saturated carbocycles. The van der Waals surface area contributed by atoms with Gasteiger partial charge in [0, 0.05) is 12.3 Å². The maximum Gasteiger partial charge on any atom is 0.339 e. The molecule has 15 heavy (non-hydrogen) atoms. The number of pyridine rings is 1. The number of aromatic nitrogens is 2. The molecule has 0 aliphatic heterocycles. The minimum atomic E-state index is -1.20. The molecule has 0 atom stereocenters. The Morgan fingerprint density at radius 2 is 2.27 bits per heavy atom. The molecule has 0 amide bonds. The molecule has 2 aromatic heterocycles. The van der Waals surface area contributed by atoms with Gasteiger partial charge in [0.1, 0.15) is 5.56 Å². The second-order valence-corrected chi connectivity index (χ2v) is 2.88. The van der Waals surface area contributed by atoms with E-state index in [1.54, 1.807) is 0 Å².